The highest BCUT2D eigenvalue weighted by Gasteiger charge is 2.38. The molecule has 0 aromatic heterocycles. The van der Waals surface area contributed by atoms with Crippen LogP contribution in [0.5, 0.6) is 0 Å². The van der Waals surface area contributed by atoms with Gasteiger partial charge in [-0.2, -0.15) is 0 Å². The van der Waals surface area contributed by atoms with E-state index in [1.165, 1.54) is 12.8 Å². The number of urea groups is 1. The number of carbonyl (C=O) groups is 2. The summed E-state index contributed by atoms with van der Waals surface area (Å²) in [6.45, 7) is 2.74. The fourth-order valence-electron chi connectivity index (χ4n) is 3.03. The molecule has 0 aliphatic heterocycles. The predicted octanol–water partition coefficient (Wildman–Crippen LogP) is 2.60. The van der Waals surface area contributed by atoms with Gasteiger partial charge < -0.3 is 15.3 Å². The molecule has 20 heavy (non-hydrogen) atoms. The number of nitrogens with zero attached hydrogens (tertiary/aromatic N) is 1. The molecule has 2 fully saturated rings. The van der Waals surface area contributed by atoms with Crippen LogP contribution in [-0.4, -0.2) is 40.6 Å². The van der Waals surface area contributed by atoms with Crippen LogP contribution >= 0.6 is 0 Å². The zero-order valence-corrected chi connectivity index (χ0v) is 12.3. The van der Waals surface area contributed by atoms with Gasteiger partial charge in [-0.1, -0.05) is 6.92 Å². The van der Waals surface area contributed by atoms with Crippen molar-refractivity contribution in [3.05, 3.63) is 0 Å². The van der Waals surface area contributed by atoms with Crippen LogP contribution in [0.4, 0.5) is 4.79 Å². The maximum Gasteiger partial charge on any atom is 0.317 e. The Morgan fingerprint density at radius 1 is 1.10 bits per heavy atom. The summed E-state index contributed by atoms with van der Waals surface area (Å²) in [6.07, 6.45) is 7.50. The van der Waals surface area contributed by atoms with Crippen LogP contribution in [0, 0.1) is 5.92 Å². The Hall–Kier alpha value is -1.26. The summed E-state index contributed by atoms with van der Waals surface area (Å²) < 4.78 is 0. The van der Waals surface area contributed by atoms with Gasteiger partial charge in [-0.25, -0.2) is 4.79 Å². The monoisotopic (exact) mass is 282 g/mol. The van der Waals surface area contributed by atoms with E-state index in [0.717, 1.165) is 31.6 Å². The molecular weight excluding hydrogens is 256 g/mol. The molecule has 0 atom stereocenters. The molecule has 0 heterocycles. The molecule has 5 heteroatoms. The lowest BCUT2D eigenvalue weighted by molar-refractivity contribution is -0.137. The molecule has 2 amide bonds. The maximum atomic E-state index is 12.3. The molecule has 0 aromatic rings. The van der Waals surface area contributed by atoms with E-state index in [9.17, 15) is 9.59 Å². The standard InChI is InChI=1S/C15H26N2O3/c1-11-4-6-12(7-5-11)17(13-8-9-13)15(20)16-10-2-3-14(18)19/h11-13H,2-10H2,1H3,(H,16,20)(H,18,19). The topological polar surface area (TPSA) is 69.6 Å². The van der Waals surface area contributed by atoms with E-state index in [1.807, 2.05) is 4.90 Å². The summed E-state index contributed by atoms with van der Waals surface area (Å²) in [5.74, 6) is -0.0227. The van der Waals surface area contributed by atoms with Crippen molar-refractivity contribution in [2.75, 3.05) is 6.54 Å². The summed E-state index contributed by atoms with van der Waals surface area (Å²) in [6, 6.07) is 0.823. The highest BCUT2D eigenvalue weighted by Crippen LogP contribution is 2.35. The number of aliphatic carboxylic acids is 1. The van der Waals surface area contributed by atoms with Crippen molar-refractivity contribution in [3.63, 3.8) is 0 Å². The third-order valence-electron chi connectivity index (χ3n) is 4.40. The molecule has 0 aromatic carbocycles. The van der Waals surface area contributed by atoms with Gasteiger partial charge in [-0.3, -0.25) is 4.79 Å². The first-order chi connectivity index (χ1) is 9.58. The molecule has 0 unspecified atom stereocenters. The first-order valence-corrected chi connectivity index (χ1v) is 7.86. The Morgan fingerprint density at radius 2 is 1.65 bits per heavy atom. The summed E-state index contributed by atoms with van der Waals surface area (Å²) in [5, 5.41) is 11.5. The Balaban J connectivity index is 1.79. The number of nitrogens with one attached hydrogen (secondary N) is 1. The molecule has 2 rings (SSSR count). The summed E-state index contributed by atoms with van der Waals surface area (Å²) in [4.78, 5) is 24.8. The normalized spacial score (nSPS) is 26.1. The second-order valence-electron chi connectivity index (χ2n) is 6.28. The van der Waals surface area contributed by atoms with Gasteiger partial charge >= 0.3 is 12.0 Å². The average Bonchev–Trinajstić information content (AvgIpc) is 3.22. The van der Waals surface area contributed by atoms with E-state index in [0.29, 0.717) is 25.0 Å². The molecular formula is C15H26N2O3. The quantitative estimate of drug-likeness (QED) is 0.736. The minimum Gasteiger partial charge on any atom is -0.481 e. The molecule has 0 radical (unpaired) electrons. The molecule has 2 aliphatic rings. The van der Waals surface area contributed by atoms with Crippen molar-refractivity contribution in [1.29, 1.82) is 0 Å². The lowest BCUT2D eigenvalue weighted by atomic mass is 9.86. The van der Waals surface area contributed by atoms with E-state index in [1.54, 1.807) is 0 Å². The average molecular weight is 282 g/mol. The predicted molar refractivity (Wildman–Crippen MR) is 76.5 cm³/mol. The van der Waals surface area contributed by atoms with Gasteiger partial charge in [-0.05, 0) is 50.9 Å². The molecule has 0 saturated heterocycles. The number of carbonyl (C=O) groups excluding carboxylic acids is 1. The number of carboxylic acid groups (broad SMARTS) is 1. The van der Waals surface area contributed by atoms with Crippen molar-refractivity contribution in [2.45, 2.75) is 70.4 Å². The first kappa shape index (κ1) is 15.1. The number of hydrogen-bond acceptors (Lipinski definition) is 2. The van der Waals surface area contributed by atoms with E-state index in [-0.39, 0.29) is 12.5 Å². The lowest BCUT2D eigenvalue weighted by Crippen LogP contribution is -2.48. The maximum absolute atomic E-state index is 12.3. The summed E-state index contributed by atoms with van der Waals surface area (Å²) in [7, 11) is 0. The minimum absolute atomic E-state index is 0.0115. The second kappa shape index (κ2) is 6.95. The SMILES string of the molecule is CC1CCC(N(C(=O)NCCCC(=O)O)C2CC2)CC1. The highest BCUT2D eigenvalue weighted by atomic mass is 16.4. The van der Waals surface area contributed by atoms with Crippen molar-refractivity contribution < 1.29 is 14.7 Å². The molecule has 114 valence electrons. The lowest BCUT2D eigenvalue weighted by Gasteiger charge is -2.36. The number of amides is 2. The van der Waals surface area contributed by atoms with Crippen LogP contribution < -0.4 is 5.32 Å². The first-order valence-electron chi connectivity index (χ1n) is 7.86. The molecule has 0 spiro atoms. The number of rotatable bonds is 6. The number of hydrogen-bond donors (Lipinski definition) is 2. The van der Waals surface area contributed by atoms with Crippen molar-refractivity contribution >= 4 is 12.0 Å². The Bertz CT molecular complexity index is 347. The Labute approximate surface area is 120 Å². The van der Waals surface area contributed by atoms with Gasteiger partial charge in [0.25, 0.3) is 0 Å². The van der Waals surface area contributed by atoms with Gasteiger partial charge in [0.05, 0.1) is 0 Å². The van der Waals surface area contributed by atoms with Crippen LogP contribution in [0.1, 0.15) is 58.3 Å². The van der Waals surface area contributed by atoms with Crippen molar-refractivity contribution in [1.82, 2.24) is 10.2 Å². The fourth-order valence-corrected chi connectivity index (χ4v) is 3.03. The molecule has 2 aliphatic carbocycles. The summed E-state index contributed by atoms with van der Waals surface area (Å²) >= 11 is 0. The highest BCUT2D eigenvalue weighted by molar-refractivity contribution is 5.75. The van der Waals surface area contributed by atoms with Gasteiger partial charge in [0.1, 0.15) is 0 Å². The van der Waals surface area contributed by atoms with E-state index in [2.05, 4.69) is 12.2 Å². The number of carboxylic acids is 1. The molecule has 2 N–H and O–H groups in total. The third kappa shape index (κ3) is 4.39. The van der Waals surface area contributed by atoms with Crippen LogP contribution in [0.15, 0.2) is 0 Å². The minimum atomic E-state index is -0.806. The van der Waals surface area contributed by atoms with E-state index >= 15 is 0 Å². The Morgan fingerprint density at radius 3 is 2.15 bits per heavy atom. The molecule has 0 bridgehead atoms. The van der Waals surface area contributed by atoms with Gasteiger partial charge in [0.15, 0.2) is 0 Å². The second-order valence-corrected chi connectivity index (χ2v) is 6.28. The van der Waals surface area contributed by atoms with E-state index < -0.39 is 5.97 Å². The molecule has 5 nitrogen and oxygen atoms in total. The smallest absolute Gasteiger partial charge is 0.317 e. The summed E-state index contributed by atoms with van der Waals surface area (Å²) in [5.41, 5.74) is 0. The van der Waals surface area contributed by atoms with Gasteiger partial charge in [0, 0.05) is 25.0 Å². The molecule has 2 saturated carbocycles. The van der Waals surface area contributed by atoms with Crippen LogP contribution in [0.25, 0.3) is 0 Å². The zero-order valence-electron chi connectivity index (χ0n) is 12.3. The van der Waals surface area contributed by atoms with Crippen LogP contribution in [0.3, 0.4) is 0 Å². The fraction of sp³-hybridized carbons (Fsp3) is 0.867. The van der Waals surface area contributed by atoms with E-state index in [4.69, 9.17) is 5.11 Å². The largest absolute Gasteiger partial charge is 0.481 e. The van der Waals surface area contributed by atoms with Crippen LogP contribution in [0.2, 0.25) is 0 Å². The van der Waals surface area contributed by atoms with Gasteiger partial charge in [-0.15, -0.1) is 0 Å². The van der Waals surface area contributed by atoms with Gasteiger partial charge in [0.2, 0.25) is 0 Å². The third-order valence-corrected chi connectivity index (χ3v) is 4.40. The van der Waals surface area contributed by atoms with Crippen molar-refractivity contribution in [2.24, 2.45) is 5.92 Å². The zero-order chi connectivity index (χ0) is 14.5. The van der Waals surface area contributed by atoms with Crippen molar-refractivity contribution in [3.8, 4) is 0 Å². The van der Waals surface area contributed by atoms with Crippen LogP contribution in [-0.2, 0) is 4.79 Å². The Kier molecular flexibility index (Phi) is 5.26.